The Morgan fingerprint density at radius 1 is 1.38 bits per heavy atom. The van der Waals surface area contributed by atoms with Gasteiger partial charge in [0.1, 0.15) is 5.75 Å². The van der Waals surface area contributed by atoms with Crippen LogP contribution in [0.2, 0.25) is 0 Å². The van der Waals surface area contributed by atoms with Crippen LogP contribution < -0.4 is 10.1 Å². The van der Waals surface area contributed by atoms with Gasteiger partial charge in [0, 0.05) is 17.3 Å². The molecular formula is C17H24BrNO2. The summed E-state index contributed by atoms with van der Waals surface area (Å²) in [6.07, 6.45) is 7.01. The van der Waals surface area contributed by atoms with Crippen molar-refractivity contribution in [1.82, 2.24) is 5.32 Å². The molecule has 2 rings (SSSR count). The number of aryl methyl sites for hydroxylation is 1. The van der Waals surface area contributed by atoms with Crippen LogP contribution >= 0.6 is 15.9 Å². The van der Waals surface area contributed by atoms with E-state index < -0.39 is 0 Å². The number of unbranched alkanes of at least 4 members (excludes halogenated alkanes) is 2. The lowest BCUT2D eigenvalue weighted by Gasteiger charge is -2.28. The fraction of sp³-hybridized carbons (Fsp3) is 0.588. The lowest BCUT2D eigenvalue weighted by molar-refractivity contribution is -0.122. The van der Waals surface area contributed by atoms with Crippen LogP contribution in [0.25, 0.3) is 0 Å². The summed E-state index contributed by atoms with van der Waals surface area (Å²) in [7, 11) is 1.70. The first-order chi connectivity index (χ1) is 10.3. The fourth-order valence-electron chi connectivity index (χ4n) is 2.99. The number of fused-ring (bicyclic) bond motifs is 1. The minimum absolute atomic E-state index is 0.105. The Kier molecular flexibility index (Phi) is 6.55. The summed E-state index contributed by atoms with van der Waals surface area (Å²) in [6, 6.07) is 6.27. The molecule has 0 aliphatic heterocycles. The van der Waals surface area contributed by atoms with Crippen LogP contribution in [0.5, 0.6) is 5.75 Å². The summed E-state index contributed by atoms with van der Waals surface area (Å²) in [5.41, 5.74) is 2.49. The van der Waals surface area contributed by atoms with E-state index in [1.807, 2.05) is 12.1 Å². The molecule has 0 saturated heterocycles. The molecule has 1 aromatic carbocycles. The molecule has 0 saturated carbocycles. The highest BCUT2D eigenvalue weighted by molar-refractivity contribution is 9.09. The monoisotopic (exact) mass is 353 g/mol. The van der Waals surface area contributed by atoms with E-state index >= 15 is 0 Å². The quantitative estimate of drug-likeness (QED) is 0.590. The highest BCUT2D eigenvalue weighted by Crippen LogP contribution is 2.36. The molecule has 0 bridgehead atoms. The molecule has 0 fully saturated rings. The van der Waals surface area contributed by atoms with Crippen LogP contribution in [0, 0.1) is 0 Å². The molecule has 1 aliphatic carbocycles. The van der Waals surface area contributed by atoms with Gasteiger partial charge in [-0.3, -0.25) is 4.79 Å². The van der Waals surface area contributed by atoms with E-state index in [-0.39, 0.29) is 11.9 Å². The van der Waals surface area contributed by atoms with E-state index in [2.05, 4.69) is 27.3 Å². The van der Waals surface area contributed by atoms with Gasteiger partial charge in [-0.2, -0.15) is 0 Å². The summed E-state index contributed by atoms with van der Waals surface area (Å²) < 4.78 is 5.48. The molecule has 0 heterocycles. The second kappa shape index (κ2) is 8.42. The smallest absolute Gasteiger partial charge is 0.220 e. The van der Waals surface area contributed by atoms with Gasteiger partial charge in [0.05, 0.1) is 13.2 Å². The van der Waals surface area contributed by atoms with Crippen molar-refractivity contribution in [3.05, 3.63) is 29.3 Å². The minimum Gasteiger partial charge on any atom is -0.496 e. The third-order valence-corrected chi connectivity index (χ3v) is 4.60. The number of alkyl halides is 1. The van der Waals surface area contributed by atoms with E-state index in [0.717, 1.165) is 49.6 Å². The highest BCUT2D eigenvalue weighted by Gasteiger charge is 2.24. The standard InChI is InChI=1S/C17H24BrNO2/c1-21-15-10-6-8-13-7-5-9-14(17(13)15)19-16(20)11-3-2-4-12-18/h6,8,10,14H,2-5,7,9,11-12H2,1H3,(H,19,20). The molecule has 3 nitrogen and oxygen atoms in total. The van der Waals surface area contributed by atoms with E-state index in [4.69, 9.17) is 4.74 Å². The van der Waals surface area contributed by atoms with Gasteiger partial charge in [0.25, 0.3) is 0 Å². The lowest BCUT2D eigenvalue weighted by Crippen LogP contribution is -2.31. The van der Waals surface area contributed by atoms with Crippen LogP contribution in [-0.4, -0.2) is 18.3 Å². The summed E-state index contributed by atoms with van der Waals surface area (Å²) in [5, 5.41) is 4.21. The Labute approximate surface area is 135 Å². The average Bonchev–Trinajstić information content (AvgIpc) is 2.51. The van der Waals surface area contributed by atoms with Crippen molar-refractivity contribution < 1.29 is 9.53 Å². The lowest BCUT2D eigenvalue weighted by atomic mass is 9.87. The third kappa shape index (κ3) is 4.47. The second-order valence-corrected chi connectivity index (χ2v) is 6.34. The number of rotatable bonds is 7. The molecule has 1 unspecified atom stereocenters. The van der Waals surface area contributed by atoms with Crippen LogP contribution in [0.1, 0.15) is 55.7 Å². The minimum atomic E-state index is 0.105. The molecular weight excluding hydrogens is 330 g/mol. The predicted octanol–water partition coefficient (Wildman–Crippen LogP) is 4.14. The molecule has 0 radical (unpaired) electrons. The Hall–Kier alpha value is -1.03. The molecule has 21 heavy (non-hydrogen) atoms. The maximum absolute atomic E-state index is 12.1. The third-order valence-electron chi connectivity index (χ3n) is 4.04. The van der Waals surface area contributed by atoms with Crippen molar-refractivity contribution in [3.63, 3.8) is 0 Å². The normalized spacial score (nSPS) is 17.1. The summed E-state index contributed by atoms with van der Waals surface area (Å²) in [6.45, 7) is 0. The molecule has 1 aromatic rings. The van der Waals surface area contributed by atoms with Gasteiger partial charge in [0.2, 0.25) is 5.91 Å². The van der Waals surface area contributed by atoms with Crippen molar-refractivity contribution >= 4 is 21.8 Å². The van der Waals surface area contributed by atoms with Crippen molar-refractivity contribution in [2.24, 2.45) is 0 Å². The number of amides is 1. The van der Waals surface area contributed by atoms with Crippen LogP contribution in [0.3, 0.4) is 0 Å². The van der Waals surface area contributed by atoms with E-state index in [0.29, 0.717) is 6.42 Å². The zero-order chi connectivity index (χ0) is 15.1. The molecule has 116 valence electrons. The average molecular weight is 354 g/mol. The first-order valence-corrected chi connectivity index (χ1v) is 8.89. The molecule has 0 aromatic heterocycles. The van der Waals surface area contributed by atoms with Gasteiger partial charge in [-0.1, -0.05) is 34.5 Å². The predicted molar refractivity (Wildman–Crippen MR) is 89.1 cm³/mol. The van der Waals surface area contributed by atoms with Crippen LogP contribution in [-0.2, 0) is 11.2 Å². The van der Waals surface area contributed by atoms with E-state index in [1.165, 1.54) is 11.1 Å². The molecule has 1 N–H and O–H groups in total. The topological polar surface area (TPSA) is 38.3 Å². The molecule has 0 spiro atoms. The number of benzene rings is 1. The molecule has 4 heteroatoms. The van der Waals surface area contributed by atoms with Crippen molar-refractivity contribution in [3.8, 4) is 5.75 Å². The Balaban J connectivity index is 1.98. The Morgan fingerprint density at radius 2 is 2.24 bits per heavy atom. The molecule has 1 amide bonds. The number of hydrogen-bond acceptors (Lipinski definition) is 2. The Bertz CT molecular complexity index is 462. The summed E-state index contributed by atoms with van der Waals surface area (Å²) in [5.74, 6) is 1.06. The van der Waals surface area contributed by atoms with Gasteiger partial charge in [0.15, 0.2) is 0 Å². The van der Waals surface area contributed by atoms with Gasteiger partial charge in [-0.15, -0.1) is 0 Å². The zero-order valence-electron chi connectivity index (χ0n) is 12.7. The van der Waals surface area contributed by atoms with Crippen LogP contribution in [0.15, 0.2) is 18.2 Å². The van der Waals surface area contributed by atoms with Gasteiger partial charge >= 0.3 is 0 Å². The number of hydrogen-bond donors (Lipinski definition) is 1. The van der Waals surface area contributed by atoms with Crippen LogP contribution in [0.4, 0.5) is 0 Å². The van der Waals surface area contributed by atoms with Crippen molar-refractivity contribution in [2.45, 2.75) is 51.0 Å². The van der Waals surface area contributed by atoms with Crippen molar-refractivity contribution in [2.75, 3.05) is 12.4 Å². The number of halogens is 1. The number of carbonyl (C=O) groups excluding carboxylic acids is 1. The molecule has 1 atom stereocenters. The number of ether oxygens (including phenoxy) is 1. The first-order valence-electron chi connectivity index (χ1n) is 7.77. The Morgan fingerprint density at radius 3 is 3.00 bits per heavy atom. The highest BCUT2D eigenvalue weighted by atomic mass is 79.9. The van der Waals surface area contributed by atoms with E-state index in [9.17, 15) is 4.79 Å². The second-order valence-electron chi connectivity index (χ2n) is 5.55. The van der Waals surface area contributed by atoms with Gasteiger partial charge < -0.3 is 10.1 Å². The fourth-order valence-corrected chi connectivity index (χ4v) is 3.39. The zero-order valence-corrected chi connectivity index (χ0v) is 14.2. The van der Waals surface area contributed by atoms with Gasteiger partial charge in [-0.05, 0) is 43.7 Å². The summed E-state index contributed by atoms with van der Waals surface area (Å²) >= 11 is 3.42. The number of nitrogens with one attached hydrogen (secondary N) is 1. The van der Waals surface area contributed by atoms with E-state index in [1.54, 1.807) is 7.11 Å². The molecule has 1 aliphatic rings. The SMILES string of the molecule is COc1cccc2c1C(NC(=O)CCCCCBr)CCC2. The van der Waals surface area contributed by atoms with Crippen molar-refractivity contribution in [1.29, 1.82) is 0 Å². The first kappa shape index (κ1) is 16.3. The number of carbonyl (C=O) groups is 1. The largest absolute Gasteiger partial charge is 0.496 e. The maximum atomic E-state index is 12.1. The number of methoxy groups -OCH3 is 1. The summed E-state index contributed by atoms with van der Waals surface area (Å²) in [4.78, 5) is 12.1. The maximum Gasteiger partial charge on any atom is 0.220 e. The van der Waals surface area contributed by atoms with Gasteiger partial charge in [-0.25, -0.2) is 0 Å².